The van der Waals surface area contributed by atoms with Crippen molar-refractivity contribution >= 4 is 139 Å². The number of fused-ring (bicyclic) bond motifs is 4. The molecule has 6 aliphatic carbocycles. The highest BCUT2D eigenvalue weighted by Gasteiger charge is 2.91. The molecule has 2 aliphatic heterocycles. The lowest BCUT2D eigenvalue weighted by Gasteiger charge is -2.31. The largest absolute Gasteiger partial charge is 0.381 e. The number of nitrogens with zero attached hydrogens (tertiary/aromatic N) is 10. The number of benzene rings is 3. The molecule has 10 aromatic heterocycles. The zero-order chi connectivity index (χ0) is 81.2. The van der Waals surface area contributed by atoms with Gasteiger partial charge in [-0.15, -0.1) is 23.2 Å². The second-order valence-electron chi connectivity index (χ2n) is 30.2. The maximum absolute atomic E-state index is 7.00. The van der Waals surface area contributed by atoms with Crippen molar-refractivity contribution in [1.82, 2.24) is 45.7 Å². The fraction of sp³-hybridized carbons (Fsp3) is 0.269. The van der Waals surface area contributed by atoms with Crippen molar-refractivity contribution in [2.45, 2.75) is 60.3 Å². The minimum Gasteiger partial charge on any atom is -0.381 e. The molecule has 0 N–H and O–H groups in total. The van der Waals surface area contributed by atoms with Crippen molar-refractivity contribution < 1.29 is 9.47 Å². The molecular formula is C93H90Cl10N10O2. The van der Waals surface area contributed by atoms with Crippen LogP contribution < -0.4 is 0 Å². The van der Waals surface area contributed by atoms with E-state index in [-0.39, 0.29) is 11.8 Å². The lowest BCUT2D eigenvalue weighted by atomic mass is 9.84. The van der Waals surface area contributed by atoms with Crippen molar-refractivity contribution in [2.75, 3.05) is 26.4 Å². The molecule has 3 aromatic carbocycles. The molecule has 3 fully saturated rings. The number of aromatic nitrogens is 10. The van der Waals surface area contributed by atoms with Gasteiger partial charge in [-0.05, 0) is 159 Å². The summed E-state index contributed by atoms with van der Waals surface area (Å²) < 4.78 is 28.1. The second kappa shape index (κ2) is 33.1. The molecule has 1 saturated carbocycles. The minimum absolute atomic E-state index is 0.145. The summed E-state index contributed by atoms with van der Waals surface area (Å²) in [5.41, 5.74) is 29.7. The van der Waals surface area contributed by atoms with Crippen LogP contribution in [0, 0.1) is 0 Å². The fourth-order valence-corrected chi connectivity index (χ4v) is 20.2. The molecule has 4 atom stereocenters. The van der Waals surface area contributed by atoms with E-state index >= 15 is 0 Å². The number of halogens is 10. The van der Waals surface area contributed by atoms with Crippen LogP contribution in [-0.4, -0.2) is 90.5 Å². The van der Waals surface area contributed by atoms with Gasteiger partial charge in [0.05, 0.1) is 10.1 Å². The van der Waals surface area contributed by atoms with E-state index in [0.29, 0.717) is 10.1 Å². The van der Waals surface area contributed by atoms with Gasteiger partial charge in [-0.1, -0.05) is 154 Å². The van der Waals surface area contributed by atoms with Gasteiger partial charge in [0.1, 0.15) is 9.75 Å². The molecule has 21 rings (SSSR count). The number of hydrogen-bond acceptors (Lipinski definition) is 2. The maximum atomic E-state index is 7.00. The lowest BCUT2D eigenvalue weighted by molar-refractivity contribution is 0.198. The Hall–Kier alpha value is -8.02. The SMILES string of the molecule is C1CCOC1.C1CCOC1.ClC1=C(Cl)C1(Cl)Cl.Cn1cccc1-c1ccc(-c2cccn2C)c2c1C2(Cl)Cl.Cn1cccc1-c1ccc(-c2cccn2C)c2c1C2=C1c2c(-c3cccn3C)ccc(-c3cccn3C)c21.Cn1cccc1/C=C/C=C/c1cccn1C.Cn1cccc1C1C=CC(c2cccn2C)C2(Cl)C(Cl)(Cl)C12Cl. The number of aryl methyl sites for hydroxylation is 10. The standard InChI is InChI=1S/C34H28N4.C17H16Cl4N2.C17H14Cl2N2.C14H16N2.2C4H8O.C3Cl4/c1-35-17-5-9-25(35)21-13-14-22(26-10-6-18-36(26)2)30-29(21)33(30)34-31-23(27-11-7-19-37(27)3)15-16-24(32(31)34)28-12-8-20-38(28)4;1-22-9-3-5-13(22)11-7-8-12(14-6-4-10-23(14)2)16(19)15(11,18)17(16,20)21;1-20-9-3-5-13(20)11-7-8-12(14-6-4-10-21(14)2)16-15(11)17(16,18)19;1-15-11-5-9-13(15)7-3-4-8-14-10-6-12-16(14)2;2*1-2-4-5-3-1;4-1-2(5)3(1,6)7/h5-20H,1-4H3;3-12H,1-2H3;3-10H,1-2H3;3-12H,1-2H3;2*1-4H2;/b;;;7-3+,8-4+;;;. The Kier molecular flexibility index (Phi) is 23.6. The van der Waals surface area contributed by atoms with E-state index in [2.05, 4.69) is 235 Å². The summed E-state index contributed by atoms with van der Waals surface area (Å²) in [7, 11) is 20.6. The first-order chi connectivity index (χ1) is 55.2. The minimum atomic E-state index is -1.23. The molecule has 0 radical (unpaired) electrons. The smallest absolute Gasteiger partial charge is 0.191 e. The van der Waals surface area contributed by atoms with E-state index in [9.17, 15) is 0 Å². The zero-order valence-electron chi connectivity index (χ0n) is 65.6. The molecule has 4 unspecified atom stereocenters. The third kappa shape index (κ3) is 15.3. The van der Waals surface area contributed by atoms with Crippen LogP contribution in [0.3, 0.4) is 0 Å². The molecular weight excluding hydrogens is 1640 g/mol. The summed E-state index contributed by atoms with van der Waals surface area (Å²) in [4.78, 5) is -1.92. The van der Waals surface area contributed by atoms with E-state index in [0.717, 1.165) is 71.5 Å². The van der Waals surface area contributed by atoms with Crippen molar-refractivity contribution in [2.24, 2.45) is 70.5 Å². The van der Waals surface area contributed by atoms with Crippen LogP contribution in [-0.2, 0) is 84.3 Å². The molecule has 0 spiro atoms. The third-order valence-corrected chi connectivity index (χ3v) is 29.2. The van der Waals surface area contributed by atoms with E-state index < -0.39 is 22.7 Å². The average molecular weight is 1730 g/mol. The molecule has 8 aliphatic rings. The van der Waals surface area contributed by atoms with Crippen LogP contribution in [0.25, 0.3) is 90.8 Å². The molecule has 12 heterocycles. The van der Waals surface area contributed by atoms with Crippen molar-refractivity contribution in [1.29, 1.82) is 0 Å². The van der Waals surface area contributed by atoms with Crippen LogP contribution in [0.2, 0.25) is 0 Å². The molecule has 0 bridgehead atoms. The molecule has 115 heavy (non-hydrogen) atoms. The van der Waals surface area contributed by atoms with E-state index in [4.69, 9.17) is 125 Å². The van der Waals surface area contributed by atoms with Crippen molar-refractivity contribution in [3.05, 3.63) is 310 Å². The highest BCUT2D eigenvalue weighted by Crippen LogP contribution is 2.83. The summed E-state index contributed by atoms with van der Waals surface area (Å²) in [5.74, 6) is -0.290. The van der Waals surface area contributed by atoms with Gasteiger partial charge < -0.3 is 55.1 Å². The maximum Gasteiger partial charge on any atom is 0.191 e. The van der Waals surface area contributed by atoms with Gasteiger partial charge in [-0.3, -0.25) is 0 Å². The molecule has 13 aromatic rings. The number of alkyl halides is 8. The van der Waals surface area contributed by atoms with E-state index in [1.807, 2.05) is 137 Å². The predicted molar refractivity (Wildman–Crippen MR) is 482 cm³/mol. The van der Waals surface area contributed by atoms with Crippen LogP contribution in [0.5, 0.6) is 0 Å². The van der Waals surface area contributed by atoms with Gasteiger partial charge in [-0.2, -0.15) is 0 Å². The van der Waals surface area contributed by atoms with Gasteiger partial charge in [-0.25, -0.2) is 0 Å². The van der Waals surface area contributed by atoms with Crippen LogP contribution in [0.15, 0.2) is 254 Å². The second-order valence-corrected chi connectivity index (χ2v) is 36.1. The molecule has 22 heteroatoms. The Morgan fingerprint density at radius 2 is 0.548 bits per heavy atom. The summed E-state index contributed by atoms with van der Waals surface area (Å²) in [6, 6.07) is 55.4. The summed E-state index contributed by atoms with van der Waals surface area (Å²) in [5, 5.41) is 0.690. The Morgan fingerprint density at radius 1 is 0.304 bits per heavy atom. The summed E-state index contributed by atoms with van der Waals surface area (Å²) >= 11 is 61.8. The lowest BCUT2D eigenvalue weighted by Crippen LogP contribution is -2.32. The van der Waals surface area contributed by atoms with Crippen molar-refractivity contribution in [3.8, 4) is 67.5 Å². The molecule has 2 saturated heterocycles. The highest BCUT2D eigenvalue weighted by molar-refractivity contribution is 6.70. The highest BCUT2D eigenvalue weighted by atomic mass is 35.5. The molecule has 0 amide bonds. The van der Waals surface area contributed by atoms with E-state index in [1.54, 1.807) is 0 Å². The monoisotopic (exact) mass is 1730 g/mol. The third-order valence-electron chi connectivity index (χ3n) is 22.9. The average Bonchev–Trinajstić information content (AvgIpc) is 1.45. The van der Waals surface area contributed by atoms with Crippen LogP contribution in [0.4, 0.5) is 0 Å². The number of rotatable bonds is 11. The first-order valence-electron chi connectivity index (χ1n) is 38.4. The van der Waals surface area contributed by atoms with Gasteiger partial charge in [0, 0.05) is 306 Å². The number of allylic oxidation sites excluding steroid dienone is 6. The summed E-state index contributed by atoms with van der Waals surface area (Å²) in [6.07, 6.45) is 38.2. The van der Waals surface area contributed by atoms with Gasteiger partial charge in [0.2, 0.25) is 0 Å². The Bertz CT molecular complexity index is 5430. The number of ether oxygens (including phenoxy) is 2. The topological polar surface area (TPSA) is 67.8 Å². The normalized spacial score (nSPS) is 19.9. The summed E-state index contributed by atoms with van der Waals surface area (Å²) in [6.45, 7) is 4.00. The Labute approximate surface area is 723 Å². The van der Waals surface area contributed by atoms with Gasteiger partial charge in [0.15, 0.2) is 13.0 Å². The zero-order valence-corrected chi connectivity index (χ0v) is 73.2. The fourth-order valence-electron chi connectivity index (χ4n) is 16.3. The first kappa shape index (κ1) is 82.1. The number of hydrogen-bond donors (Lipinski definition) is 0. The van der Waals surface area contributed by atoms with Crippen molar-refractivity contribution in [3.63, 3.8) is 0 Å². The molecule has 594 valence electrons. The first-order valence-corrected chi connectivity index (χ1v) is 42.1. The van der Waals surface area contributed by atoms with Gasteiger partial charge >= 0.3 is 0 Å². The predicted octanol–water partition coefficient (Wildman–Crippen LogP) is 24.5. The van der Waals surface area contributed by atoms with E-state index in [1.165, 1.54) is 116 Å². The quantitative estimate of drug-likeness (QED) is 0.0736. The van der Waals surface area contributed by atoms with Crippen LogP contribution >= 0.6 is 116 Å². The molecule has 12 nitrogen and oxygen atoms in total. The van der Waals surface area contributed by atoms with Crippen LogP contribution in [0.1, 0.15) is 93.7 Å². The van der Waals surface area contributed by atoms with Gasteiger partial charge in [0.25, 0.3) is 0 Å². The Morgan fingerprint density at radius 3 is 0.765 bits per heavy atom. The Balaban J connectivity index is 0.000000117.